The molecule has 0 saturated heterocycles. The topological polar surface area (TPSA) is 17.1 Å². The van der Waals surface area contributed by atoms with Gasteiger partial charge in [-0.1, -0.05) is 47.8 Å². The smallest absolute Gasteiger partial charge is 0.195 e. The minimum atomic E-state index is -0.436. The van der Waals surface area contributed by atoms with Gasteiger partial charge in [-0.3, -0.25) is 4.79 Å². The molecule has 2 aromatic rings. The zero-order valence-corrected chi connectivity index (χ0v) is 14.6. The van der Waals surface area contributed by atoms with Crippen LogP contribution in [0.3, 0.4) is 0 Å². The number of halogens is 4. The maximum atomic E-state index is 13.3. The van der Waals surface area contributed by atoms with Gasteiger partial charge in [0, 0.05) is 24.5 Å². The molecule has 0 heterocycles. The second-order valence-electron chi connectivity index (χ2n) is 4.03. The average Bonchev–Trinajstić information content (AvgIpc) is 2.36. The molecule has 0 radical (unpaired) electrons. The van der Waals surface area contributed by atoms with Gasteiger partial charge in [0.15, 0.2) is 5.78 Å². The van der Waals surface area contributed by atoms with E-state index in [1.54, 1.807) is 6.07 Å². The Balaban J connectivity index is 2.56. The molecule has 2 rings (SSSR count). The van der Waals surface area contributed by atoms with E-state index in [0.717, 1.165) is 10.0 Å². The molecule has 0 fully saturated rings. The summed E-state index contributed by atoms with van der Waals surface area (Å²) in [5, 5.41) is 0. The quantitative estimate of drug-likeness (QED) is 0.540. The number of ketones is 1. The second-order valence-corrected chi connectivity index (χ2v) is 6.60. The zero-order chi connectivity index (χ0) is 14.2. The van der Waals surface area contributed by atoms with Crippen molar-refractivity contribution < 1.29 is 9.18 Å². The van der Waals surface area contributed by atoms with Gasteiger partial charge in [0.05, 0.1) is 0 Å². The first-order chi connectivity index (χ1) is 8.90. The van der Waals surface area contributed by atoms with Crippen molar-refractivity contribution in [2.45, 2.75) is 6.92 Å². The molecule has 19 heavy (non-hydrogen) atoms. The van der Waals surface area contributed by atoms with Crippen LogP contribution in [-0.2, 0) is 0 Å². The molecule has 0 saturated carbocycles. The Kier molecular flexibility index (Phi) is 4.58. The number of aryl methyl sites for hydroxylation is 1. The molecule has 98 valence electrons. The molecule has 0 amide bonds. The summed E-state index contributed by atoms with van der Waals surface area (Å²) in [6, 6.07) is 7.65. The first-order valence-corrected chi connectivity index (χ1v) is 7.73. The minimum absolute atomic E-state index is 0.237. The summed E-state index contributed by atoms with van der Waals surface area (Å²) in [4.78, 5) is 12.5. The van der Waals surface area contributed by atoms with Gasteiger partial charge in [-0.15, -0.1) is 0 Å². The Labute approximate surface area is 135 Å². The lowest BCUT2D eigenvalue weighted by atomic mass is 10.0. The van der Waals surface area contributed by atoms with E-state index < -0.39 is 5.82 Å². The third-order valence-electron chi connectivity index (χ3n) is 2.67. The van der Waals surface area contributed by atoms with Crippen LogP contribution in [0.4, 0.5) is 4.39 Å². The molecule has 0 atom stereocenters. The van der Waals surface area contributed by atoms with Crippen molar-refractivity contribution in [3.63, 3.8) is 0 Å². The van der Waals surface area contributed by atoms with Crippen molar-refractivity contribution in [2.75, 3.05) is 0 Å². The fraction of sp³-hybridized carbons (Fsp3) is 0.0714. The van der Waals surface area contributed by atoms with Crippen LogP contribution in [0.15, 0.2) is 43.7 Å². The number of hydrogen-bond donors (Lipinski definition) is 0. The van der Waals surface area contributed by atoms with Crippen LogP contribution in [-0.4, -0.2) is 5.78 Å². The summed E-state index contributed by atoms with van der Waals surface area (Å²) in [5.41, 5.74) is 1.81. The summed E-state index contributed by atoms with van der Waals surface area (Å²) in [6.45, 7) is 1.93. The second kappa shape index (κ2) is 5.85. The van der Waals surface area contributed by atoms with E-state index in [-0.39, 0.29) is 5.78 Å². The number of carbonyl (C=O) groups excluding carboxylic acids is 1. The van der Waals surface area contributed by atoms with E-state index in [0.29, 0.717) is 20.1 Å². The van der Waals surface area contributed by atoms with Crippen LogP contribution in [0.5, 0.6) is 0 Å². The van der Waals surface area contributed by atoms with E-state index in [1.807, 2.05) is 13.0 Å². The molecule has 0 aromatic heterocycles. The van der Waals surface area contributed by atoms with Crippen LogP contribution < -0.4 is 0 Å². The van der Waals surface area contributed by atoms with Gasteiger partial charge in [-0.05, 0) is 42.8 Å². The number of carbonyl (C=O) groups is 1. The van der Waals surface area contributed by atoms with Gasteiger partial charge in [0.2, 0.25) is 0 Å². The van der Waals surface area contributed by atoms with Gasteiger partial charge in [-0.2, -0.15) is 0 Å². The molecule has 0 N–H and O–H groups in total. The first kappa shape index (κ1) is 14.9. The Morgan fingerprint density at radius 2 is 1.58 bits per heavy atom. The predicted molar refractivity (Wildman–Crippen MR) is 84.1 cm³/mol. The maximum absolute atomic E-state index is 13.3. The van der Waals surface area contributed by atoms with E-state index in [4.69, 9.17) is 0 Å². The van der Waals surface area contributed by atoms with Crippen LogP contribution in [0.1, 0.15) is 21.5 Å². The van der Waals surface area contributed by atoms with Gasteiger partial charge >= 0.3 is 0 Å². The fourth-order valence-corrected chi connectivity index (χ4v) is 3.04. The van der Waals surface area contributed by atoms with Crippen LogP contribution in [0.2, 0.25) is 0 Å². The molecule has 0 bridgehead atoms. The third-order valence-corrected chi connectivity index (χ3v) is 4.87. The lowest BCUT2D eigenvalue weighted by Crippen LogP contribution is -2.04. The highest BCUT2D eigenvalue weighted by Crippen LogP contribution is 2.29. The standard InChI is InChI=1S/C14H8Br3FO/c1-7-4-13(17)10(6-12(7)16)14(19)9-5-8(18)2-3-11(9)15/h2-6H,1H3. The van der Waals surface area contributed by atoms with Crippen molar-refractivity contribution in [3.05, 3.63) is 66.3 Å². The van der Waals surface area contributed by atoms with Crippen LogP contribution in [0, 0.1) is 12.7 Å². The molecular formula is C14H8Br3FO. The van der Waals surface area contributed by atoms with Crippen molar-refractivity contribution in [3.8, 4) is 0 Å². The van der Waals surface area contributed by atoms with E-state index in [9.17, 15) is 9.18 Å². The normalized spacial score (nSPS) is 10.6. The Morgan fingerprint density at radius 3 is 2.26 bits per heavy atom. The summed E-state index contributed by atoms with van der Waals surface area (Å²) >= 11 is 10.0. The van der Waals surface area contributed by atoms with E-state index in [2.05, 4.69) is 47.8 Å². The molecule has 0 spiro atoms. The summed E-state index contributed by atoms with van der Waals surface area (Å²) < 4.78 is 15.4. The average molecular weight is 451 g/mol. The van der Waals surface area contributed by atoms with E-state index >= 15 is 0 Å². The molecule has 5 heteroatoms. The highest BCUT2D eigenvalue weighted by Gasteiger charge is 2.17. The van der Waals surface area contributed by atoms with Crippen LogP contribution in [0.25, 0.3) is 0 Å². The van der Waals surface area contributed by atoms with Crippen molar-refractivity contribution >= 4 is 53.6 Å². The third kappa shape index (κ3) is 3.15. The van der Waals surface area contributed by atoms with Gasteiger partial charge in [0.1, 0.15) is 5.82 Å². The summed E-state index contributed by atoms with van der Waals surface area (Å²) in [6.07, 6.45) is 0. The lowest BCUT2D eigenvalue weighted by Gasteiger charge is -2.08. The van der Waals surface area contributed by atoms with E-state index in [1.165, 1.54) is 18.2 Å². The lowest BCUT2D eigenvalue weighted by molar-refractivity contribution is 0.103. The summed E-state index contributed by atoms with van der Waals surface area (Å²) in [5.74, 6) is -0.673. The van der Waals surface area contributed by atoms with Gasteiger partial charge < -0.3 is 0 Å². The molecule has 1 nitrogen and oxygen atoms in total. The highest BCUT2D eigenvalue weighted by molar-refractivity contribution is 9.11. The van der Waals surface area contributed by atoms with Crippen molar-refractivity contribution in [2.24, 2.45) is 0 Å². The number of hydrogen-bond acceptors (Lipinski definition) is 1. The number of rotatable bonds is 2. The number of benzene rings is 2. The Morgan fingerprint density at radius 1 is 0.947 bits per heavy atom. The molecule has 0 aliphatic rings. The van der Waals surface area contributed by atoms with Crippen molar-refractivity contribution in [1.82, 2.24) is 0 Å². The first-order valence-electron chi connectivity index (χ1n) is 5.35. The largest absolute Gasteiger partial charge is 0.289 e. The fourth-order valence-electron chi connectivity index (χ4n) is 1.64. The predicted octanol–water partition coefficient (Wildman–Crippen LogP) is 5.65. The molecule has 0 unspecified atom stereocenters. The highest BCUT2D eigenvalue weighted by atomic mass is 79.9. The maximum Gasteiger partial charge on any atom is 0.195 e. The zero-order valence-electron chi connectivity index (χ0n) is 9.81. The van der Waals surface area contributed by atoms with Gasteiger partial charge in [0.25, 0.3) is 0 Å². The van der Waals surface area contributed by atoms with Crippen molar-refractivity contribution in [1.29, 1.82) is 0 Å². The molecule has 0 aliphatic carbocycles. The minimum Gasteiger partial charge on any atom is -0.289 e. The Bertz CT molecular complexity index is 668. The van der Waals surface area contributed by atoms with Gasteiger partial charge in [-0.25, -0.2) is 4.39 Å². The van der Waals surface area contributed by atoms with Crippen LogP contribution >= 0.6 is 47.8 Å². The molecule has 2 aromatic carbocycles. The molecular weight excluding hydrogens is 443 g/mol. The SMILES string of the molecule is Cc1cc(Br)c(C(=O)c2cc(F)ccc2Br)cc1Br. The summed E-state index contributed by atoms with van der Waals surface area (Å²) in [7, 11) is 0. The Hall–Kier alpha value is -0.520. The molecule has 0 aliphatic heterocycles. The monoisotopic (exact) mass is 448 g/mol.